The highest BCUT2D eigenvalue weighted by molar-refractivity contribution is 7.98. The van der Waals surface area contributed by atoms with Gasteiger partial charge in [0.1, 0.15) is 12.4 Å². The normalized spacial score (nSPS) is 10.7. The Morgan fingerprint density at radius 2 is 1.96 bits per heavy atom. The van der Waals surface area contributed by atoms with Crippen LogP contribution in [-0.2, 0) is 11.4 Å². The lowest BCUT2D eigenvalue weighted by Crippen LogP contribution is -2.07. The smallest absolute Gasteiger partial charge is 0.248 e. The van der Waals surface area contributed by atoms with Crippen LogP contribution in [0.1, 0.15) is 11.3 Å². The van der Waals surface area contributed by atoms with E-state index >= 15 is 0 Å². The van der Waals surface area contributed by atoms with Gasteiger partial charge in [-0.15, -0.1) is 11.8 Å². The molecule has 27 heavy (non-hydrogen) atoms. The van der Waals surface area contributed by atoms with E-state index in [1.54, 1.807) is 24.0 Å². The van der Waals surface area contributed by atoms with Crippen molar-refractivity contribution in [2.45, 2.75) is 11.5 Å². The van der Waals surface area contributed by atoms with E-state index in [2.05, 4.69) is 10.3 Å². The quantitative estimate of drug-likeness (QED) is 0.464. The number of nitrogens with one attached hydrogen (secondary N) is 1. The summed E-state index contributed by atoms with van der Waals surface area (Å²) in [7, 11) is 0. The van der Waals surface area contributed by atoms with Gasteiger partial charge in [0.25, 0.3) is 0 Å². The maximum atomic E-state index is 12.1. The molecule has 0 radical (unpaired) electrons. The number of hydrogen-bond acceptors (Lipinski definition) is 4. The first kappa shape index (κ1) is 18.7. The van der Waals surface area contributed by atoms with Crippen LogP contribution in [0.4, 0.5) is 5.69 Å². The van der Waals surface area contributed by atoms with Gasteiger partial charge in [-0.1, -0.05) is 24.3 Å². The predicted octanol–water partition coefficient (Wildman–Crippen LogP) is 5.03. The molecule has 3 aromatic rings. The Kier molecular flexibility index (Phi) is 6.66. The van der Waals surface area contributed by atoms with Crippen molar-refractivity contribution in [2.24, 2.45) is 0 Å². The van der Waals surface area contributed by atoms with Crippen LogP contribution in [0.3, 0.4) is 0 Å². The van der Waals surface area contributed by atoms with Gasteiger partial charge in [0, 0.05) is 22.9 Å². The Labute approximate surface area is 163 Å². The Bertz CT molecular complexity index is 909. The fourth-order valence-electron chi connectivity index (χ4n) is 2.37. The number of ether oxygens (including phenoxy) is 1. The zero-order valence-corrected chi connectivity index (χ0v) is 15.8. The Morgan fingerprint density at radius 3 is 2.70 bits per heavy atom. The molecule has 0 saturated carbocycles. The number of amides is 1. The molecule has 0 fully saturated rings. The largest absolute Gasteiger partial charge is 0.487 e. The number of pyridine rings is 1. The average molecular weight is 376 g/mol. The number of anilines is 1. The molecule has 0 atom stereocenters. The molecule has 0 aliphatic carbocycles. The molecule has 0 aliphatic rings. The minimum Gasteiger partial charge on any atom is -0.487 e. The second-order valence-corrected chi connectivity index (χ2v) is 6.61. The van der Waals surface area contributed by atoms with E-state index in [9.17, 15) is 4.79 Å². The zero-order valence-electron chi connectivity index (χ0n) is 15.0. The Hall–Kier alpha value is -3.05. The number of hydrogen-bond donors (Lipinski definition) is 1. The van der Waals surface area contributed by atoms with Crippen molar-refractivity contribution in [2.75, 3.05) is 11.6 Å². The summed E-state index contributed by atoms with van der Waals surface area (Å²) in [5.41, 5.74) is 2.59. The van der Waals surface area contributed by atoms with Gasteiger partial charge in [0.15, 0.2) is 0 Å². The topological polar surface area (TPSA) is 51.2 Å². The van der Waals surface area contributed by atoms with Crippen molar-refractivity contribution in [3.8, 4) is 5.75 Å². The summed E-state index contributed by atoms with van der Waals surface area (Å²) in [4.78, 5) is 17.4. The zero-order chi connectivity index (χ0) is 18.9. The first-order chi connectivity index (χ1) is 13.2. The van der Waals surface area contributed by atoms with Crippen molar-refractivity contribution < 1.29 is 9.53 Å². The molecule has 1 amide bonds. The van der Waals surface area contributed by atoms with E-state index in [0.717, 1.165) is 27.6 Å². The monoisotopic (exact) mass is 376 g/mol. The second-order valence-electron chi connectivity index (χ2n) is 5.73. The Morgan fingerprint density at radius 1 is 1.11 bits per heavy atom. The molecule has 4 nitrogen and oxygen atoms in total. The van der Waals surface area contributed by atoms with Crippen LogP contribution < -0.4 is 10.1 Å². The van der Waals surface area contributed by atoms with E-state index in [-0.39, 0.29) is 5.91 Å². The molecule has 2 aromatic carbocycles. The van der Waals surface area contributed by atoms with Gasteiger partial charge in [-0.3, -0.25) is 9.78 Å². The minimum absolute atomic E-state index is 0.163. The van der Waals surface area contributed by atoms with Crippen molar-refractivity contribution in [1.82, 2.24) is 4.98 Å². The first-order valence-corrected chi connectivity index (χ1v) is 9.71. The van der Waals surface area contributed by atoms with Gasteiger partial charge < -0.3 is 10.1 Å². The third-order valence-corrected chi connectivity index (χ3v) is 4.48. The van der Waals surface area contributed by atoms with Gasteiger partial charge in [0.05, 0.1) is 5.69 Å². The molecule has 0 unspecified atom stereocenters. The maximum Gasteiger partial charge on any atom is 0.248 e. The lowest BCUT2D eigenvalue weighted by Gasteiger charge is -2.06. The van der Waals surface area contributed by atoms with Crippen LogP contribution >= 0.6 is 11.8 Å². The fourth-order valence-corrected chi connectivity index (χ4v) is 2.83. The van der Waals surface area contributed by atoms with E-state index < -0.39 is 0 Å². The summed E-state index contributed by atoms with van der Waals surface area (Å²) < 4.78 is 5.71. The molecule has 0 spiro atoms. The van der Waals surface area contributed by atoms with Gasteiger partial charge >= 0.3 is 0 Å². The summed E-state index contributed by atoms with van der Waals surface area (Å²) in [5.74, 6) is 0.597. The van der Waals surface area contributed by atoms with Crippen molar-refractivity contribution in [1.29, 1.82) is 0 Å². The molecule has 0 bridgehead atoms. The van der Waals surface area contributed by atoms with Crippen LogP contribution in [0.5, 0.6) is 5.75 Å². The number of rotatable bonds is 7. The number of carbonyl (C=O) groups excluding carboxylic acids is 1. The van der Waals surface area contributed by atoms with Gasteiger partial charge in [0.2, 0.25) is 5.91 Å². The third-order valence-electron chi connectivity index (χ3n) is 3.76. The molecule has 0 saturated heterocycles. The molecule has 1 heterocycles. The van der Waals surface area contributed by atoms with Crippen LogP contribution in [0.25, 0.3) is 6.08 Å². The summed E-state index contributed by atoms with van der Waals surface area (Å²) in [5, 5.41) is 2.87. The van der Waals surface area contributed by atoms with Crippen LogP contribution in [0.2, 0.25) is 0 Å². The van der Waals surface area contributed by atoms with E-state index in [0.29, 0.717) is 6.61 Å². The highest BCUT2D eigenvalue weighted by Crippen LogP contribution is 2.19. The number of nitrogens with zero attached hydrogens (tertiary/aromatic N) is 1. The Balaban J connectivity index is 1.53. The molecule has 0 aliphatic heterocycles. The first-order valence-electron chi connectivity index (χ1n) is 8.49. The molecule has 1 aromatic heterocycles. The molecular formula is C22H20N2O2S. The van der Waals surface area contributed by atoms with E-state index in [1.807, 2.05) is 73.0 Å². The highest BCUT2D eigenvalue weighted by atomic mass is 32.2. The van der Waals surface area contributed by atoms with Crippen LogP contribution in [0, 0.1) is 0 Å². The third kappa shape index (κ3) is 6.01. The minimum atomic E-state index is -0.163. The van der Waals surface area contributed by atoms with Crippen molar-refractivity contribution in [3.63, 3.8) is 0 Å². The molecular weight excluding hydrogens is 356 g/mol. The van der Waals surface area contributed by atoms with Crippen molar-refractivity contribution in [3.05, 3.63) is 90.3 Å². The summed E-state index contributed by atoms with van der Waals surface area (Å²) >= 11 is 1.64. The molecule has 136 valence electrons. The lowest BCUT2D eigenvalue weighted by molar-refractivity contribution is -0.111. The SMILES string of the molecule is CSc1cccc(NC(=O)/C=C/c2ccc(OCc3ccccn3)cc2)c1. The van der Waals surface area contributed by atoms with Crippen LogP contribution in [0.15, 0.2) is 83.9 Å². The lowest BCUT2D eigenvalue weighted by atomic mass is 10.2. The van der Waals surface area contributed by atoms with E-state index in [1.165, 1.54) is 6.08 Å². The highest BCUT2D eigenvalue weighted by Gasteiger charge is 2.00. The summed E-state index contributed by atoms with van der Waals surface area (Å²) in [6.45, 7) is 0.424. The van der Waals surface area contributed by atoms with Gasteiger partial charge in [-0.05, 0) is 60.4 Å². The molecule has 5 heteroatoms. The van der Waals surface area contributed by atoms with Crippen molar-refractivity contribution >= 4 is 29.4 Å². The van der Waals surface area contributed by atoms with Gasteiger partial charge in [-0.25, -0.2) is 0 Å². The fraction of sp³-hybridized carbons (Fsp3) is 0.0909. The number of carbonyl (C=O) groups is 1. The van der Waals surface area contributed by atoms with Gasteiger partial charge in [-0.2, -0.15) is 0 Å². The average Bonchev–Trinajstić information content (AvgIpc) is 2.72. The predicted molar refractivity (Wildman–Crippen MR) is 111 cm³/mol. The van der Waals surface area contributed by atoms with E-state index in [4.69, 9.17) is 4.74 Å². The molecule has 3 rings (SSSR count). The molecule has 1 N–H and O–H groups in total. The number of thioether (sulfide) groups is 1. The van der Waals surface area contributed by atoms with Crippen LogP contribution in [-0.4, -0.2) is 17.1 Å². The summed E-state index contributed by atoms with van der Waals surface area (Å²) in [6.07, 6.45) is 7.05. The standard InChI is InChI=1S/C22H20N2O2S/c1-27-21-7-4-6-18(15-21)24-22(25)13-10-17-8-11-20(12-9-17)26-16-19-5-2-3-14-23-19/h2-15H,16H2,1H3,(H,24,25)/b13-10+. The maximum absolute atomic E-state index is 12.1. The number of aromatic nitrogens is 1. The summed E-state index contributed by atoms with van der Waals surface area (Å²) in [6, 6.07) is 21.1. The second kappa shape index (κ2) is 9.59. The number of benzene rings is 2.